The summed E-state index contributed by atoms with van der Waals surface area (Å²) in [6.07, 6.45) is 0.191. The third-order valence-corrected chi connectivity index (χ3v) is 5.08. The molecule has 0 bridgehead atoms. The van der Waals surface area contributed by atoms with Gasteiger partial charge in [-0.2, -0.15) is 0 Å². The molecule has 0 saturated carbocycles. The zero-order valence-electron chi connectivity index (χ0n) is 14.7. The second kappa shape index (κ2) is 7.68. The smallest absolute Gasteiger partial charge is 0.227 e. The van der Waals surface area contributed by atoms with Gasteiger partial charge in [-0.25, -0.2) is 0 Å². The molecule has 1 unspecified atom stereocenters. The largest absolute Gasteiger partial charge is 0.352 e. The lowest BCUT2D eigenvalue weighted by atomic mass is 10.1. The number of carbonyl (C=O) groups excluding carboxylic acids is 2. The van der Waals surface area contributed by atoms with Crippen molar-refractivity contribution < 1.29 is 9.59 Å². The fourth-order valence-corrected chi connectivity index (χ4v) is 3.83. The molecule has 1 aliphatic heterocycles. The lowest BCUT2D eigenvalue weighted by molar-refractivity contribution is -0.126. The molecule has 0 aliphatic carbocycles. The van der Waals surface area contributed by atoms with Gasteiger partial charge in [0, 0.05) is 24.5 Å². The summed E-state index contributed by atoms with van der Waals surface area (Å²) in [7, 11) is 0. The Kier molecular flexibility index (Phi) is 5.54. The Labute approximate surface area is 163 Å². The average Bonchev–Trinajstić information content (AvgIpc) is 2.95. The molecule has 2 aromatic carbocycles. The maximum Gasteiger partial charge on any atom is 0.227 e. The highest BCUT2D eigenvalue weighted by atomic mass is 35.5. The lowest BCUT2D eigenvalue weighted by Crippen LogP contribution is -2.32. The van der Waals surface area contributed by atoms with Crippen LogP contribution >= 0.6 is 23.2 Å². The lowest BCUT2D eigenvalue weighted by Gasteiger charge is -2.21. The number of rotatable bonds is 4. The Hall–Kier alpha value is -2.04. The Bertz CT molecular complexity index is 826. The van der Waals surface area contributed by atoms with Gasteiger partial charge in [0.2, 0.25) is 11.8 Å². The zero-order valence-corrected chi connectivity index (χ0v) is 16.2. The van der Waals surface area contributed by atoms with Gasteiger partial charge in [-0.05, 0) is 48.7 Å². The van der Waals surface area contributed by atoms with Crippen LogP contribution in [-0.2, 0) is 16.1 Å². The quantitative estimate of drug-likeness (QED) is 0.846. The first-order valence-corrected chi connectivity index (χ1v) is 9.20. The van der Waals surface area contributed by atoms with Gasteiger partial charge in [0.15, 0.2) is 0 Å². The van der Waals surface area contributed by atoms with Crippen LogP contribution in [0.2, 0.25) is 10.0 Å². The van der Waals surface area contributed by atoms with Gasteiger partial charge in [-0.3, -0.25) is 9.59 Å². The van der Waals surface area contributed by atoms with Crippen LogP contribution in [-0.4, -0.2) is 18.4 Å². The van der Waals surface area contributed by atoms with Crippen molar-refractivity contribution in [2.45, 2.75) is 26.8 Å². The van der Waals surface area contributed by atoms with E-state index in [1.54, 1.807) is 17.0 Å². The number of nitrogens with one attached hydrogen (secondary N) is 1. The molecule has 0 radical (unpaired) electrons. The van der Waals surface area contributed by atoms with Crippen molar-refractivity contribution in [1.29, 1.82) is 0 Å². The molecule has 1 aliphatic rings. The zero-order chi connectivity index (χ0) is 18.8. The van der Waals surface area contributed by atoms with Gasteiger partial charge < -0.3 is 10.2 Å². The molecule has 1 heterocycles. The van der Waals surface area contributed by atoms with Crippen molar-refractivity contribution in [3.8, 4) is 0 Å². The Balaban J connectivity index is 1.67. The standard InChI is InChI=1S/C20H20Cl2N2O2/c1-12-7-13(2)19(17(22)8-12)24-11-15(9-18(24)25)20(26)23-10-14-3-5-16(21)6-4-14/h3-8,15H,9-11H2,1-2H3,(H,23,26). The molecule has 2 aromatic rings. The van der Waals surface area contributed by atoms with Crippen LogP contribution in [0.15, 0.2) is 36.4 Å². The minimum atomic E-state index is -0.383. The van der Waals surface area contributed by atoms with E-state index in [0.717, 1.165) is 16.7 Å². The number of hydrogen-bond donors (Lipinski definition) is 1. The summed E-state index contributed by atoms with van der Waals surface area (Å²) < 4.78 is 0. The number of benzene rings is 2. The Morgan fingerprint density at radius 3 is 2.54 bits per heavy atom. The van der Waals surface area contributed by atoms with Gasteiger partial charge in [0.1, 0.15) is 0 Å². The Morgan fingerprint density at radius 2 is 1.88 bits per heavy atom. The van der Waals surface area contributed by atoms with Crippen LogP contribution in [0.4, 0.5) is 5.69 Å². The van der Waals surface area contributed by atoms with E-state index in [-0.39, 0.29) is 24.2 Å². The number of carbonyl (C=O) groups is 2. The van der Waals surface area contributed by atoms with Crippen LogP contribution in [0.5, 0.6) is 0 Å². The topological polar surface area (TPSA) is 49.4 Å². The molecule has 1 saturated heterocycles. The molecule has 2 amide bonds. The molecule has 1 fully saturated rings. The first-order chi connectivity index (χ1) is 12.3. The molecule has 3 rings (SSSR count). The van der Waals surface area contributed by atoms with E-state index >= 15 is 0 Å². The SMILES string of the molecule is Cc1cc(C)c(N2CC(C(=O)NCc3ccc(Cl)cc3)CC2=O)c(Cl)c1. The van der Waals surface area contributed by atoms with Crippen LogP contribution in [0, 0.1) is 19.8 Å². The third-order valence-electron chi connectivity index (χ3n) is 4.54. The summed E-state index contributed by atoms with van der Waals surface area (Å²) in [6, 6.07) is 11.1. The highest BCUT2D eigenvalue weighted by Crippen LogP contribution is 2.35. The summed E-state index contributed by atoms with van der Waals surface area (Å²) in [6.45, 7) is 4.64. The van der Waals surface area contributed by atoms with Crippen molar-refractivity contribution in [2.24, 2.45) is 5.92 Å². The molecule has 1 atom stereocenters. The van der Waals surface area contributed by atoms with Crippen LogP contribution in [0.25, 0.3) is 0 Å². The summed E-state index contributed by atoms with van der Waals surface area (Å²) in [5.41, 5.74) is 3.64. The molecule has 0 aromatic heterocycles. The molecule has 4 nitrogen and oxygen atoms in total. The highest BCUT2D eigenvalue weighted by Gasteiger charge is 2.36. The number of anilines is 1. The number of aryl methyl sites for hydroxylation is 2. The van der Waals surface area contributed by atoms with E-state index in [0.29, 0.717) is 28.8 Å². The Morgan fingerprint density at radius 1 is 1.19 bits per heavy atom. The predicted octanol–water partition coefficient (Wildman–Crippen LogP) is 4.28. The maximum absolute atomic E-state index is 12.5. The first kappa shape index (κ1) is 18.7. The fourth-order valence-electron chi connectivity index (χ4n) is 3.29. The monoisotopic (exact) mass is 390 g/mol. The molecular formula is C20H20Cl2N2O2. The molecule has 0 spiro atoms. The summed E-state index contributed by atoms with van der Waals surface area (Å²) in [5.74, 6) is -0.589. The predicted molar refractivity (Wildman–Crippen MR) is 105 cm³/mol. The van der Waals surface area contributed by atoms with Gasteiger partial charge in [-0.15, -0.1) is 0 Å². The van der Waals surface area contributed by atoms with Crippen LogP contribution < -0.4 is 10.2 Å². The molecule has 136 valence electrons. The number of halogens is 2. The van der Waals surface area contributed by atoms with Gasteiger partial charge in [0.25, 0.3) is 0 Å². The second-order valence-electron chi connectivity index (χ2n) is 6.66. The van der Waals surface area contributed by atoms with Crippen molar-refractivity contribution in [3.05, 3.63) is 63.1 Å². The maximum atomic E-state index is 12.5. The first-order valence-electron chi connectivity index (χ1n) is 8.44. The van der Waals surface area contributed by atoms with E-state index in [4.69, 9.17) is 23.2 Å². The van der Waals surface area contributed by atoms with Crippen molar-refractivity contribution in [3.63, 3.8) is 0 Å². The van der Waals surface area contributed by atoms with Crippen molar-refractivity contribution in [1.82, 2.24) is 5.32 Å². The summed E-state index contributed by atoms with van der Waals surface area (Å²) in [5, 5.41) is 4.09. The minimum Gasteiger partial charge on any atom is -0.352 e. The van der Waals surface area contributed by atoms with Crippen LogP contribution in [0.1, 0.15) is 23.1 Å². The molecule has 26 heavy (non-hydrogen) atoms. The fraction of sp³-hybridized carbons (Fsp3) is 0.300. The molecule has 6 heteroatoms. The number of amides is 2. The van der Waals surface area contributed by atoms with Crippen molar-refractivity contribution >= 4 is 40.7 Å². The number of hydrogen-bond acceptors (Lipinski definition) is 2. The van der Waals surface area contributed by atoms with E-state index < -0.39 is 0 Å². The molecular weight excluding hydrogens is 371 g/mol. The van der Waals surface area contributed by atoms with Gasteiger partial charge >= 0.3 is 0 Å². The normalized spacial score (nSPS) is 16.8. The molecule has 1 N–H and O–H groups in total. The van der Waals surface area contributed by atoms with E-state index in [2.05, 4.69) is 5.32 Å². The van der Waals surface area contributed by atoms with E-state index in [1.165, 1.54) is 0 Å². The summed E-state index contributed by atoms with van der Waals surface area (Å²) >= 11 is 12.2. The van der Waals surface area contributed by atoms with Gasteiger partial charge in [0.05, 0.1) is 16.6 Å². The van der Waals surface area contributed by atoms with E-state index in [9.17, 15) is 9.59 Å². The van der Waals surface area contributed by atoms with Crippen LogP contribution in [0.3, 0.4) is 0 Å². The number of nitrogens with zero attached hydrogens (tertiary/aromatic N) is 1. The third kappa shape index (κ3) is 4.02. The highest BCUT2D eigenvalue weighted by molar-refractivity contribution is 6.34. The summed E-state index contributed by atoms with van der Waals surface area (Å²) in [4.78, 5) is 26.6. The van der Waals surface area contributed by atoms with Gasteiger partial charge in [-0.1, -0.05) is 41.4 Å². The second-order valence-corrected chi connectivity index (χ2v) is 7.51. The van der Waals surface area contributed by atoms with E-state index in [1.807, 2.05) is 38.1 Å². The van der Waals surface area contributed by atoms with Crippen molar-refractivity contribution in [2.75, 3.05) is 11.4 Å². The minimum absolute atomic E-state index is 0.0782. The average molecular weight is 391 g/mol.